The lowest BCUT2D eigenvalue weighted by Gasteiger charge is -2.11. The third-order valence-corrected chi connectivity index (χ3v) is 5.78. The minimum absolute atomic E-state index is 0.633. The van der Waals surface area contributed by atoms with E-state index in [9.17, 15) is 0 Å². The molecule has 0 atom stereocenters. The van der Waals surface area contributed by atoms with E-state index in [1.165, 1.54) is 5.56 Å². The molecular formula is C16H16N6S2. The molecule has 3 aromatic rings. The summed E-state index contributed by atoms with van der Waals surface area (Å²) in [6, 6.07) is 3.90. The highest BCUT2D eigenvalue weighted by Crippen LogP contribution is 2.29. The van der Waals surface area contributed by atoms with E-state index in [0.717, 1.165) is 51.5 Å². The number of aromatic nitrogens is 5. The molecule has 4 rings (SSSR count). The van der Waals surface area contributed by atoms with Crippen LogP contribution in [0.4, 0.5) is 5.82 Å². The van der Waals surface area contributed by atoms with Crippen molar-refractivity contribution in [3.63, 3.8) is 0 Å². The Kier molecular flexibility index (Phi) is 4.40. The summed E-state index contributed by atoms with van der Waals surface area (Å²) in [5, 5.41) is 12.7. The van der Waals surface area contributed by atoms with Crippen LogP contribution < -0.4 is 5.32 Å². The molecule has 8 heteroatoms. The molecule has 6 nitrogen and oxygen atoms in total. The molecule has 3 heterocycles. The van der Waals surface area contributed by atoms with Gasteiger partial charge in [0.15, 0.2) is 10.2 Å². The highest BCUT2D eigenvalue weighted by atomic mass is 32.2. The normalized spacial score (nSPS) is 13.0. The number of pyridine rings is 1. The molecule has 0 fully saturated rings. The Morgan fingerprint density at radius 3 is 3.00 bits per heavy atom. The molecule has 0 saturated heterocycles. The molecule has 0 spiro atoms. The summed E-state index contributed by atoms with van der Waals surface area (Å²) in [6.07, 6.45) is 8.73. The van der Waals surface area contributed by atoms with Crippen molar-refractivity contribution in [2.24, 2.45) is 0 Å². The monoisotopic (exact) mass is 356 g/mol. The van der Waals surface area contributed by atoms with E-state index in [1.807, 2.05) is 18.4 Å². The fourth-order valence-corrected chi connectivity index (χ4v) is 4.01. The van der Waals surface area contributed by atoms with Crippen LogP contribution in [-0.2, 0) is 19.4 Å². The molecule has 1 aliphatic rings. The topological polar surface area (TPSA) is 76.5 Å². The van der Waals surface area contributed by atoms with E-state index in [1.54, 1.807) is 35.5 Å². The fourth-order valence-electron chi connectivity index (χ4n) is 2.75. The zero-order valence-corrected chi connectivity index (χ0v) is 14.8. The summed E-state index contributed by atoms with van der Waals surface area (Å²) in [7, 11) is 0. The van der Waals surface area contributed by atoms with Crippen molar-refractivity contribution in [1.82, 2.24) is 25.1 Å². The van der Waals surface area contributed by atoms with E-state index in [-0.39, 0.29) is 0 Å². The molecule has 24 heavy (non-hydrogen) atoms. The minimum atomic E-state index is 0.633. The number of aryl methyl sites for hydroxylation is 1. The summed E-state index contributed by atoms with van der Waals surface area (Å²) in [5.41, 5.74) is 3.32. The summed E-state index contributed by atoms with van der Waals surface area (Å²) in [5.74, 6) is 1.64. The van der Waals surface area contributed by atoms with Crippen molar-refractivity contribution in [3.8, 4) is 11.4 Å². The maximum Gasteiger partial charge on any atom is 0.174 e. The first kappa shape index (κ1) is 15.5. The maximum atomic E-state index is 4.75. The van der Waals surface area contributed by atoms with Crippen molar-refractivity contribution >= 4 is 28.9 Å². The number of hydrogen-bond acceptors (Lipinski definition) is 8. The molecule has 0 saturated carbocycles. The molecule has 0 amide bonds. The zero-order chi connectivity index (χ0) is 16.4. The van der Waals surface area contributed by atoms with Crippen LogP contribution in [0.3, 0.4) is 0 Å². The second-order valence-corrected chi connectivity index (χ2v) is 7.55. The summed E-state index contributed by atoms with van der Waals surface area (Å²) >= 11 is 3.23. The number of nitrogens with one attached hydrogen (secondary N) is 1. The Morgan fingerprint density at radius 2 is 2.21 bits per heavy atom. The zero-order valence-electron chi connectivity index (χ0n) is 13.2. The lowest BCUT2D eigenvalue weighted by Crippen LogP contribution is -2.07. The number of anilines is 1. The second-order valence-electron chi connectivity index (χ2n) is 5.44. The van der Waals surface area contributed by atoms with Crippen LogP contribution in [0.25, 0.3) is 11.4 Å². The van der Waals surface area contributed by atoms with Crippen molar-refractivity contribution in [2.75, 3.05) is 11.6 Å². The van der Waals surface area contributed by atoms with E-state index in [4.69, 9.17) is 9.97 Å². The van der Waals surface area contributed by atoms with Crippen LogP contribution >= 0.6 is 23.1 Å². The van der Waals surface area contributed by atoms with Gasteiger partial charge in [-0.15, -0.1) is 10.2 Å². The highest BCUT2D eigenvalue weighted by Gasteiger charge is 2.20. The van der Waals surface area contributed by atoms with Gasteiger partial charge < -0.3 is 5.32 Å². The van der Waals surface area contributed by atoms with Gasteiger partial charge in [-0.1, -0.05) is 23.1 Å². The molecule has 0 aromatic carbocycles. The molecule has 122 valence electrons. The number of thioether (sulfide) groups is 1. The van der Waals surface area contributed by atoms with Crippen LogP contribution in [0, 0.1) is 0 Å². The molecule has 1 aliphatic carbocycles. The molecule has 0 bridgehead atoms. The van der Waals surface area contributed by atoms with Crippen molar-refractivity contribution in [1.29, 1.82) is 0 Å². The summed E-state index contributed by atoms with van der Waals surface area (Å²) in [6.45, 7) is 0.633. The van der Waals surface area contributed by atoms with E-state index in [2.05, 4.69) is 20.5 Å². The molecule has 1 N–H and O–H groups in total. The Balaban J connectivity index is 1.63. The predicted molar refractivity (Wildman–Crippen MR) is 96.3 cm³/mol. The predicted octanol–water partition coefficient (Wildman–Crippen LogP) is 3.21. The van der Waals surface area contributed by atoms with Gasteiger partial charge in [-0.2, -0.15) is 0 Å². The number of fused-ring (bicyclic) bond motifs is 1. The fraction of sp³-hybridized carbons (Fsp3) is 0.312. The van der Waals surface area contributed by atoms with Gasteiger partial charge in [-0.25, -0.2) is 9.97 Å². The Bertz CT molecular complexity index is 849. The minimum Gasteiger partial charge on any atom is -0.363 e. The van der Waals surface area contributed by atoms with Crippen molar-refractivity contribution in [2.45, 2.75) is 30.1 Å². The lowest BCUT2D eigenvalue weighted by atomic mass is 10.2. The maximum absolute atomic E-state index is 4.75. The Hall–Kier alpha value is -2.06. The number of hydrogen-bond donors (Lipinski definition) is 1. The first-order chi connectivity index (χ1) is 11.8. The van der Waals surface area contributed by atoms with Crippen LogP contribution in [-0.4, -0.2) is 31.4 Å². The molecule has 0 unspecified atom stereocenters. The first-order valence-corrected chi connectivity index (χ1v) is 9.78. The highest BCUT2D eigenvalue weighted by molar-refractivity contribution is 8.00. The third-order valence-electron chi connectivity index (χ3n) is 3.88. The molecule has 0 radical (unpaired) electrons. The van der Waals surface area contributed by atoms with Crippen molar-refractivity contribution < 1.29 is 0 Å². The van der Waals surface area contributed by atoms with Gasteiger partial charge in [0.05, 0.1) is 6.54 Å². The van der Waals surface area contributed by atoms with E-state index >= 15 is 0 Å². The Labute approximate surface area is 148 Å². The van der Waals surface area contributed by atoms with Crippen LogP contribution in [0.2, 0.25) is 0 Å². The number of rotatable bonds is 5. The largest absolute Gasteiger partial charge is 0.363 e. The van der Waals surface area contributed by atoms with Gasteiger partial charge in [0.25, 0.3) is 0 Å². The van der Waals surface area contributed by atoms with Crippen molar-refractivity contribution in [3.05, 3.63) is 40.8 Å². The molecule has 0 aliphatic heterocycles. The van der Waals surface area contributed by atoms with Gasteiger partial charge >= 0.3 is 0 Å². The van der Waals surface area contributed by atoms with Gasteiger partial charge in [-0.05, 0) is 37.7 Å². The SMILES string of the molecule is CSc1nnc(CNc2nc(-c3cccnc3)nc3c2CCC3)s1. The van der Waals surface area contributed by atoms with Gasteiger partial charge in [0, 0.05) is 29.2 Å². The lowest BCUT2D eigenvalue weighted by molar-refractivity contribution is 0.899. The van der Waals surface area contributed by atoms with E-state index in [0.29, 0.717) is 6.54 Å². The number of nitrogens with zero attached hydrogens (tertiary/aromatic N) is 5. The second kappa shape index (κ2) is 6.82. The average molecular weight is 356 g/mol. The third kappa shape index (κ3) is 3.11. The summed E-state index contributed by atoms with van der Waals surface area (Å²) < 4.78 is 0.982. The smallest absolute Gasteiger partial charge is 0.174 e. The first-order valence-electron chi connectivity index (χ1n) is 7.74. The quantitative estimate of drug-likeness (QED) is 0.703. The molecular weight excluding hydrogens is 340 g/mol. The Morgan fingerprint density at radius 1 is 1.25 bits per heavy atom. The standard InChI is InChI=1S/C16H16N6S2/c1-23-16-22-21-13(24-16)9-18-15-11-5-2-6-12(11)19-14(20-15)10-4-3-7-17-8-10/h3-4,7-8H,2,5-6,9H2,1H3,(H,18,19,20). The molecule has 3 aromatic heterocycles. The van der Waals surface area contributed by atoms with Gasteiger partial charge in [-0.3, -0.25) is 4.98 Å². The van der Waals surface area contributed by atoms with Gasteiger partial charge in [0.2, 0.25) is 0 Å². The van der Waals surface area contributed by atoms with E-state index < -0.39 is 0 Å². The van der Waals surface area contributed by atoms with Gasteiger partial charge in [0.1, 0.15) is 10.8 Å². The van der Waals surface area contributed by atoms with Crippen LogP contribution in [0.1, 0.15) is 22.7 Å². The summed E-state index contributed by atoms with van der Waals surface area (Å²) in [4.78, 5) is 13.7. The average Bonchev–Trinajstić information content (AvgIpc) is 3.29. The van der Waals surface area contributed by atoms with Crippen LogP contribution in [0.15, 0.2) is 28.9 Å². The van der Waals surface area contributed by atoms with Crippen LogP contribution in [0.5, 0.6) is 0 Å².